The normalized spacial score (nSPS) is 23.6. The first kappa shape index (κ1) is 13.1. The summed E-state index contributed by atoms with van der Waals surface area (Å²) >= 11 is 0. The summed E-state index contributed by atoms with van der Waals surface area (Å²) in [7, 11) is 0. The highest BCUT2D eigenvalue weighted by atomic mass is 19.4. The zero-order valence-corrected chi connectivity index (χ0v) is 9.43. The molecule has 1 fully saturated rings. The molecule has 1 rings (SSSR count). The van der Waals surface area contributed by atoms with Crippen LogP contribution < -0.4 is 5.73 Å². The summed E-state index contributed by atoms with van der Waals surface area (Å²) in [6.45, 7) is 3.42. The number of alkyl halides is 3. The molecule has 0 aliphatic carbocycles. The Morgan fingerprint density at radius 2 is 2.19 bits per heavy atom. The molecule has 94 valence electrons. The van der Waals surface area contributed by atoms with Gasteiger partial charge in [-0.2, -0.15) is 13.2 Å². The molecule has 0 spiro atoms. The molecule has 6 heteroatoms. The molecule has 0 bridgehead atoms. The van der Waals surface area contributed by atoms with E-state index in [9.17, 15) is 13.2 Å². The first-order valence-electron chi connectivity index (χ1n) is 5.50. The number of likely N-dealkylation sites (tertiary alicyclic amines) is 1. The zero-order chi connectivity index (χ0) is 12.2. The maximum absolute atomic E-state index is 11.9. The second kappa shape index (κ2) is 5.41. The highest BCUT2D eigenvalue weighted by Gasteiger charge is 2.26. The largest absolute Gasteiger partial charge is 0.390 e. The zero-order valence-electron chi connectivity index (χ0n) is 9.43. The first-order valence-corrected chi connectivity index (χ1v) is 5.50. The van der Waals surface area contributed by atoms with Gasteiger partial charge in [0.25, 0.3) is 0 Å². The molecule has 1 atom stereocenters. The first-order chi connectivity index (χ1) is 7.38. The molecule has 1 heterocycles. The van der Waals surface area contributed by atoms with Gasteiger partial charge >= 0.3 is 6.18 Å². The summed E-state index contributed by atoms with van der Waals surface area (Å²) in [6, 6.07) is 0. The van der Waals surface area contributed by atoms with Gasteiger partial charge in [0.15, 0.2) is 5.96 Å². The summed E-state index contributed by atoms with van der Waals surface area (Å²) in [4.78, 5) is 5.63. The Hall–Kier alpha value is -0.940. The SMILES string of the molecule is CC1CCCN(C(N)=NCCC(F)(F)F)C1. The summed E-state index contributed by atoms with van der Waals surface area (Å²) < 4.78 is 35.7. The van der Waals surface area contributed by atoms with E-state index in [0.29, 0.717) is 5.92 Å². The van der Waals surface area contributed by atoms with Crippen LogP contribution in [0.15, 0.2) is 4.99 Å². The fourth-order valence-electron chi connectivity index (χ4n) is 1.79. The Kier molecular flexibility index (Phi) is 4.44. The van der Waals surface area contributed by atoms with Crippen molar-refractivity contribution in [2.75, 3.05) is 19.6 Å². The molecule has 0 saturated carbocycles. The van der Waals surface area contributed by atoms with Crippen molar-refractivity contribution in [1.82, 2.24) is 4.90 Å². The van der Waals surface area contributed by atoms with Crippen molar-refractivity contribution in [3.8, 4) is 0 Å². The molecule has 16 heavy (non-hydrogen) atoms. The number of nitrogens with two attached hydrogens (primary N) is 1. The number of nitrogens with zero attached hydrogens (tertiary/aromatic N) is 2. The summed E-state index contributed by atoms with van der Waals surface area (Å²) in [6.07, 6.45) is -2.89. The van der Waals surface area contributed by atoms with Gasteiger partial charge in [-0.25, -0.2) is 0 Å². The predicted molar refractivity (Wildman–Crippen MR) is 57.1 cm³/mol. The lowest BCUT2D eigenvalue weighted by Gasteiger charge is -2.31. The fraction of sp³-hybridized carbons (Fsp3) is 0.900. The van der Waals surface area contributed by atoms with Gasteiger partial charge < -0.3 is 10.6 Å². The van der Waals surface area contributed by atoms with Crippen LogP contribution in [0.2, 0.25) is 0 Å². The smallest absolute Gasteiger partial charge is 0.370 e. The van der Waals surface area contributed by atoms with E-state index >= 15 is 0 Å². The van der Waals surface area contributed by atoms with E-state index < -0.39 is 12.6 Å². The van der Waals surface area contributed by atoms with Crippen LogP contribution in [0.3, 0.4) is 0 Å². The Morgan fingerprint density at radius 3 is 2.75 bits per heavy atom. The summed E-state index contributed by atoms with van der Waals surface area (Å²) in [5.74, 6) is 0.779. The Bertz CT molecular complexity index is 250. The topological polar surface area (TPSA) is 41.6 Å². The van der Waals surface area contributed by atoms with Gasteiger partial charge in [0, 0.05) is 13.1 Å². The molecule has 1 aliphatic heterocycles. The van der Waals surface area contributed by atoms with Crippen LogP contribution in [0.25, 0.3) is 0 Å². The Morgan fingerprint density at radius 1 is 1.50 bits per heavy atom. The maximum atomic E-state index is 11.9. The van der Waals surface area contributed by atoms with E-state index in [1.807, 2.05) is 4.90 Å². The number of aliphatic imine (C=N–C) groups is 1. The van der Waals surface area contributed by atoms with E-state index in [-0.39, 0.29) is 12.5 Å². The van der Waals surface area contributed by atoms with E-state index in [0.717, 1.165) is 25.9 Å². The van der Waals surface area contributed by atoms with Crippen LogP contribution in [0.4, 0.5) is 13.2 Å². The highest BCUT2D eigenvalue weighted by molar-refractivity contribution is 5.78. The molecule has 0 aromatic carbocycles. The molecule has 1 unspecified atom stereocenters. The molecule has 0 amide bonds. The second-order valence-electron chi connectivity index (χ2n) is 4.30. The van der Waals surface area contributed by atoms with Crippen LogP contribution in [0.1, 0.15) is 26.2 Å². The van der Waals surface area contributed by atoms with Gasteiger partial charge in [0.05, 0.1) is 13.0 Å². The maximum Gasteiger partial charge on any atom is 0.390 e. The number of halogens is 3. The van der Waals surface area contributed by atoms with Gasteiger partial charge in [0.2, 0.25) is 0 Å². The fourth-order valence-corrected chi connectivity index (χ4v) is 1.79. The van der Waals surface area contributed by atoms with Crippen LogP contribution in [-0.4, -0.2) is 36.7 Å². The minimum Gasteiger partial charge on any atom is -0.370 e. The predicted octanol–water partition coefficient (Wildman–Crippen LogP) is 1.99. The van der Waals surface area contributed by atoms with Crippen LogP contribution in [0, 0.1) is 5.92 Å². The van der Waals surface area contributed by atoms with Crippen molar-refractivity contribution >= 4 is 5.96 Å². The second-order valence-corrected chi connectivity index (χ2v) is 4.30. The Balaban J connectivity index is 2.37. The minimum absolute atomic E-state index is 0.246. The van der Waals surface area contributed by atoms with Gasteiger partial charge in [-0.3, -0.25) is 4.99 Å². The van der Waals surface area contributed by atoms with E-state index in [1.165, 1.54) is 0 Å². The average Bonchev–Trinajstić information content (AvgIpc) is 2.15. The third kappa shape index (κ3) is 4.72. The average molecular weight is 237 g/mol. The van der Waals surface area contributed by atoms with Gasteiger partial charge in [-0.1, -0.05) is 6.92 Å². The highest BCUT2D eigenvalue weighted by Crippen LogP contribution is 2.19. The Labute approximate surface area is 93.5 Å². The molecule has 1 saturated heterocycles. The number of guanidine groups is 1. The molecule has 0 radical (unpaired) electrons. The summed E-state index contributed by atoms with van der Waals surface area (Å²) in [5, 5.41) is 0. The lowest BCUT2D eigenvalue weighted by Crippen LogP contribution is -2.43. The number of hydrogen-bond donors (Lipinski definition) is 1. The van der Waals surface area contributed by atoms with Crippen molar-refractivity contribution < 1.29 is 13.2 Å². The molecule has 0 aromatic heterocycles. The monoisotopic (exact) mass is 237 g/mol. The lowest BCUT2D eigenvalue weighted by molar-refractivity contribution is -0.132. The quantitative estimate of drug-likeness (QED) is 0.589. The molecule has 3 nitrogen and oxygen atoms in total. The van der Waals surface area contributed by atoms with E-state index in [4.69, 9.17) is 5.73 Å². The van der Waals surface area contributed by atoms with Crippen LogP contribution >= 0.6 is 0 Å². The van der Waals surface area contributed by atoms with Crippen molar-refractivity contribution in [3.63, 3.8) is 0 Å². The third-order valence-corrected chi connectivity index (χ3v) is 2.65. The van der Waals surface area contributed by atoms with Crippen molar-refractivity contribution in [1.29, 1.82) is 0 Å². The number of hydrogen-bond acceptors (Lipinski definition) is 1. The minimum atomic E-state index is -4.15. The van der Waals surface area contributed by atoms with E-state index in [1.54, 1.807) is 0 Å². The number of piperidine rings is 1. The van der Waals surface area contributed by atoms with Crippen LogP contribution in [-0.2, 0) is 0 Å². The standard InChI is InChI=1S/C10H18F3N3/c1-8-3-2-6-16(7-8)9(14)15-5-4-10(11,12)13/h8H,2-7H2,1H3,(H2,14,15). The van der Waals surface area contributed by atoms with Crippen molar-refractivity contribution in [2.45, 2.75) is 32.4 Å². The molecule has 2 N–H and O–H groups in total. The summed E-state index contributed by atoms with van der Waals surface area (Å²) in [5.41, 5.74) is 5.65. The van der Waals surface area contributed by atoms with Crippen molar-refractivity contribution in [2.24, 2.45) is 16.6 Å². The number of rotatable bonds is 2. The molecule has 0 aromatic rings. The van der Waals surface area contributed by atoms with Gasteiger partial charge in [-0.15, -0.1) is 0 Å². The van der Waals surface area contributed by atoms with E-state index in [2.05, 4.69) is 11.9 Å². The molecule has 1 aliphatic rings. The third-order valence-electron chi connectivity index (χ3n) is 2.65. The lowest BCUT2D eigenvalue weighted by atomic mass is 10.0. The molecular weight excluding hydrogens is 219 g/mol. The van der Waals surface area contributed by atoms with Crippen molar-refractivity contribution in [3.05, 3.63) is 0 Å². The van der Waals surface area contributed by atoms with Crippen LogP contribution in [0.5, 0.6) is 0 Å². The van der Waals surface area contributed by atoms with Gasteiger partial charge in [0.1, 0.15) is 0 Å². The van der Waals surface area contributed by atoms with Gasteiger partial charge in [-0.05, 0) is 18.8 Å². The molecular formula is C10H18F3N3.